The van der Waals surface area contributed by atoms with Crippen LogP contribution in [0.3, 0.4) is 0 Å². The molecule has 2 aromatic carbocycles. The number of rotatable bonds is 6. The lowest BCUT2D eigenvalue weighted by atomic mass is 10.2. The maximum atomic E-state index is 12.8. The quantitative estimate of drug-likeness (QED) is 0.709. The van der Waals surface area contributed by atoms with Gasteiger partial charge in [0.25, 0.3) is 5.91 Å². The molecule has 1 amide bonds. The van der Waals surface area contributed by atoms with Gasteiger partial charge in [-0.2, -0.15) is 0 Å². The molecule has 2 aromatic rings. The Morgan fingerprint density at radius 1 is 0.774 bits per heavy atom. The zero-order valence-corrected chi connectivity index (χ0v) is 18.5. The van der Waals surface area contributed by atoms with Crippen molar-refractivity contribution in [3.05, 3.63) is 48.5 Å². The number of carbonyl (C=O) groups is 1. The number of methoxy groups -OCH3 is 1. The summed E-state index contributed by atoms with van der Waals surface area (Å²) in [4.78, 5) is 21.6. The monoisotopic (exact) mass is 424 g/mol. The van der Waals surface area contributed by atoms with Gasteiger partial charge in [0.1, 0.15) is 11.5 Å². The molecule has 31 heavy (non-hydrogen) atoms. The maximum absolute atomic E-state index is 12.8. The Kier molecular flexibility index (Phi) is 6.82. The molecule has 0 aliphatic carbocycles. The van der Waals surface area contributed by atoms with E-state index in [1.54, 1.807) is 7.11 Å². The van der Waals surface area contributed by atoms with Crippen molar-refractivity contribution in [3.63, 3.8) is 0 Å². The fourth-order valence-electron chi connectivity index (χ4n) is 4.21. The van der Waals surface area contributed by atoms with Gasteiger partial charge in [0.15, 0.2) is 6.61 Å². The summed E-state index contributed by atoms with van der Waals surface area (Å²) in [5.41, 5.74) is 2.15. The number of para-hydroxylation sites is 4. The molecule has 2 aliphatic rings. The van der Waals surface area contributed by atoms with E-state index in [1.165, 1.54) is 0 Å². The second-order valence-electron chi connectivity index (χ2n) is 8.09. The number of hydrogen-bond acceptors (Lipinski definition) is 6. The minimum atomic E-state index is 0.0351. The SMILES string of the molecule is COc1ccccc1N1CCN(C(=O)COc2ccccc2N2CCN(C)CC2)CC1. The first-order chi connectivity index (χ1) is 15.2. The van der Waals surface area contributed by atoms with E-state index in [0.29, 0.717) is 13.1 Å². The summed E-state index contributed by atoms with van der Waals surface area (Å²) < 4.78 is 11.5. The highest BCUT2D eigenvalue weighted by Crippen LogP contribution is 2.30. The molecular formula is C24H32N4O3. The van der Waals surface area contributed by atoms with Gasteiger partial charge in [-0.05, 0) is 31.3 Å². The lowest BCUT2D eigenvalue weighted by molar-refractivity contribution is -0.133. The normalized spacial score (nSPS) is 17.5. The molecule has 2 fully saturated rings. The van der Waals surface area contributed by atoms with Crippen LogP contribution in [0.1, 0.15) is 0 Å². The van der Waals surface area contributed by atoms with Gasteiger partial charge in [0, 0.05) is 52.4 Å². The minimum absolute atomic E-state index is 0.0351. The average Bonchev–Trinajstić information content (AvgIpc) is 2.83. The van der Waals surface area contributed by atoms with E-state index in [9.17, 15) is 4.79 Å². The Morgan fingerprint density at radius 3 is 1.90 bits per heavy atom. The second kappa shape index (κ2) is 9.92. The Balaban J connectivity index is 1.31. The molecule has 7 heteroatoms. The van der Waals surface area contributed by atoms with E-state index < -0.39 is 0 Å². The molecule has 0 N–H and O–H groups in total. The van der Waals surface area contributed by atoms with E-state index >= 15 is 0 Å². The third kappa shape index (κ3) is 5.05. The van der Waals surface area contributed by atoms with E-state index in [4.69, 9.17) is 9.47 Å². The zero-order valence-electron chi connectivity index (χ0n) is 18.5. The van der Waals surface area contributed by atoms with Gasteiger partial charge < -0.3 is 29.1 Å². The summed E-state index contributed by atoms with van der Waals surface area (Å²) >= 11 is 0. The predicted octanol–water partition coefficient (Wildman–Crippen LogP) is 2.17. The van der Waals surface area contributed by atoms with Crippen molar-refractivity contribution in [2.24, 2.45) is 0 Å². The minimum Gasteiger partial charge on any atom is -0.495 e. The lowest BCUT2D eigenvalue weighted by Crippen LogP contribution is -2.50. The van der Waals surface area contributed by atoms with Crippen LogP contribution in [-0.4, -0.2) is 88.8 Å². The highest BCUT2D eigenvalue weighted by molar-refractivity contribution is 5.78. The smallest absolute Gasteiger partial charge is 0.260 e. The van der Waals surface area contributed by atoms with Crippen molar-refractivity contribution >= 4 is 17.3 Å². The molecule has 2 saturated heterocycles. The first kappa shape index (κ1) is 21.3. The van der Waals surface area contributed by atoms with Crippen molar-refractivity contribution in [1.82, 2.24) is 9.80 Å². The summed E-state index contributed by atoms with van der Waals surface area (Å²) in [5.74, 6) is 1.69. The van der Waals surface area contributed by atoms with Gasteiger partial charge in [0.2, 0.25) is 0 Å². The van der Waals surface area contributed by atoms with Gasteiger partial charge in [-0.25, -0.2) is 0 Å². The highest BCUT2D eigenvalue weighted by Gasteiger charge is 2.24. The third-order valence-electron chi connectivity index (χ3n) is 6.12. The van der Waals surface area contributed by atoms with Crippen LogP contribution in [0.5, 0.6) is 11.5 Å². The van der Waals surface area contributed by atoms with Crippen LogP contribution < -0.4 is 19.3 Å². The number of amides is 1. The molecule has 2 heterocycles. The van der Waals surface area contributed by atoms with E-state index in [2.05, 4.69) is 33.9 Å². The highest BCUT2D eigenvalue weighted by atomic mass is 16.5. The van der Waals surface area contributed by atoms with Gasteiger partial charge in [0.05, 0.1) is 18.5 Å². The number of piperazine rings is 2. The molecule has 0 radical (unpaired) electrons. The molecule has 0 spiro atoms. The molecule has 2 aliphatic heterocycles. The summed E-state index contributed by atoms with van der Waals surface area (Å²) in [6.07, 6.45) is 0. The van der Waals surface area contributed by atoms with Crippen LogP contribution in [0, 0.1) is 0 Å². The van der Waals surface area contributed by atoms with Crippen molar-refractivity contribution in [2.75, 3.05) is 82.9 Å². The Labute approximate surface area is 184 Å². The summed E-state index contributed by atoms with van der Waals surface area (Å²) in [6, 6.07) is 16.1. The van der Waals surface area contributed by atoms with Crippen LogP contribution in [0.2, 0.25) is 0 Å². The predicted molar refractivity (Wildman–Crippen MR) is 123 cm³/mol. The van der Waals surface area contributed by atoms with Crippen LogP contribution in [0.4, 0.5) is 11.4 Å². The van der Waals surface area contributed by atoms with Gasteiger partial charge in [-0.1, -0.05) is 24.3 Å². The molecule has 4 rings (SSSR count). The first-order valence-electron chi connectivity index (χ1n) is 11.0. The Hall–Kier alpha value is -2.93. The van der Waals surface area contributed by atoms with E-state index in [0.717, 1.165) is 62.1 Å². The first-order valence-corrected chi connectivity index (χ1v) is 11.0. The molecule has 0 unspecified atom stereocenters. The van der Waals surface area contributed by atoms with Crippen molar-refractivity contribution in [3.8, 4) is 11.5 Å². The molecule has 7 nitrogen and oxygen atoms in total. The van der Waals surface area contributed by atoms with Crippen LogP contribution >= 0.6 is 0 Å². The fraction of sp³-hybridized carbons (Fsp3) is 0.458. The summed E-state index contributed by atoms with van der Waals surface area (Å²) in [6.45, 7) is 6.99. The van der Waals surface area contributed by atoms with Crippen LogP contribution in [0.15, 0.2) is 48.5 Å². The average molecular weight is 425 g/mol. The number of ether oxygens (including phenoxy) is 2. The molecule has 0 atom stereocenters. The van der Waals surface area contributed by atoms with E-state index in [1.807, 2.05) is 41.3 Å². The Bertz CT molecular complexity index is 875. The van der Waals surface area contributed by atoms with Gasteiger partial charge in [-0.15, -0.1) is 0 Å². The van der Waals surface area contributed by atoms with Gasteiger partial charge >= 0.3 is 0 Å². The molecular weight excluding hydrogens is 392 g/mol. The van der Waals surface area contributed by atoms with E-state index in [-0.39, 0.29) is 12.5 Å². The fourth-order valence-corrected chi connectivity index (χ4v) is 4.21. The number of benzene rings is 2. The molecule has 166 valence electrons. The molecule has 0 saturated carbocycles. The summed E-state index contributed by atoms with van der Waals surface area (Å²) in [5, 5.41) is 0. The molecule has 0 bridgehead atoms. The third-order valence-corrected chi connectivity index (χ3v) is 6.12. The number of carbonyl (C=O) groups excluding carboxylic acids is 1. The van der Waals surface area contributed by atoms with Crippen LogP contribution in [-0.2, 0) is 4.79 Å². The number of hydrogen-bond donors (Lipinski definition) is 0. The van der Waals surface area contributed by atoms with Gasteiger partial charge in [-0.3, -0.25) is 4.79 Å². The lowest BCUT2D eigenvalue weighted by Gasteiger charge is -2.37. The standard InChI is InChI=1S/C24H32N4O3/c1-25-11-13-26(14-12-25)21-8-4-6-10-23(21)31-19-24(29)28-17-15-27(16-18-28)20-7-3-5-9-22(20)30-2/h3-10H,11-19H2,1-2H3. The zero-order chi connectivity index (χ0) is 21.6. The number of nitrogens with zero attached hydrogens (tertiary/aromatic N) is 4. The van der Waals surface area contributed by atoms with Crippen LogP contribution in [0.25, 0.3) is 0 Å². The Morgan fingerprint density at radius 2 is 1.29 bits per heavy atom. The number of anilines is 2. The topological polar surface area (TPSA) is 48.5 Å². The number of likely N-dealkylation sites (N-methyl/N-ethyl adjacent to an activating group) is 1. The van der Waals surface area contributed by atoms with Crippen molar-refractivity contribution in [1.29, 1.82) is 0 Å². The molecule has 0 aromatic heterocycles. The maximum Gasteiger partial charge on any atom is 0.260 e. The largest absolute Gasteiger partial charge is 0.495 e. The summed E-state index contributed by atoms with van der Waals surface area (Å²) in [7, 11) is 3.84. The second-order valence-corrected chi connectivity index (χ2v) is 8.09. The van der Waals surface area contributed by atoms with Crippen molar-refractivity contribution < 1.29 is 14.3 Å². The van der Waals surface area contributed by atoms with Crippen molar-refractivity contribution in [2.45, 2.75) is 0 Å².